The van der Waals surface area contributed by atoms with E-state index in [2.05, 4.69) is 5.32 Å². The third-order valence-corrected chi connectivity index (χ3v) is 3.25. The minimum Gasteiger partial charge on any atom is -0.507 e. The van der Waals surface area contributed by atoms with Gasteiger partial charge in [0.2, 0.25) is 5.91 Å². The van der Waals surface area contributed by atoms with Gasteiger partial charge in [-0.1, -0.05) is 24.3 Å². The van der Waals surface area contributed by atoms with Gasteiger partial charge in [-0.05, 0) is 30.7 Å². The van der Waals surface area contributed by atoms with Crippen molar-refractivity contribution in [3.63, 3.8) is 0 Å². The van der Waals surface area contributed by atoms with Gasteiger partial charge in [-0.3, -0.25) is 4.79 Å². The summed E-state index contributed by atoms with van der Waals surface area (Å²) < 4.78 is 0. The van der Waals surface area contributed by atoms with Crippen LogP contribution in [0.25, 0.3) is 0 Å². The Morgan fingerprint density at radius 2 is 1.76 bits per heavy atom. The third-order valence-electron chi connectivity index (χ3n) is 3.25. The van der Waals surface area contributed by atoms with Crippen molar-refractivity contribution in [3.8, 4) is 11.5 Å². The summed E-state index contributed by atoms with van der Waals surface area (Å²) in [6, 6.07) is 11.6. The lowest BCUT2D eigenvalue weighted by Crippen LogP contribution is -2.16. The van der Waals surface area contributed by atoms with Crippen LogP contribution in [0.3, 0.4) is 0 Å². The van der Waals surface area contributed by atoms with E-state index < -0.39 is 5.91 Å². The molecule has 0 aliphatic rings. The van der Waals surface area contributed by atoms with Gasteiger partial charge >= 0.3 is 0 Å². The maximum absolute atomic E-state index is 11.1. The van der Waals surface area contributed by atoms with Crippen LogP contribution in [-0.2, 0) is 11.2 Å². The molecule has 2 aromatic carbocycles. The van der Waals surface area contributed by atoms with Crippen LogP contribution in [0, 0.1) is 0 Å². The van der Waals surface area contributed by atoms with Crippen LogP contribution in [0.5, 0.6) is 11.5 Å². The Morgan fingerprint density at radius 3 is 2.38 bits per heavy atom. The van der Waals surface area contributed by atoms with E-state index in [9.17, 15) is 15.0 Å². The van der Waals surface area contributed by atoms with E-state index in [-0.39, 0.29) is 24.0 Å². The number of carbonyl (C=O) groups excluding carboxylic acids is 1. The Balaban J connectivity index is 2.28. The molecule has 110 valence electrons. The molecule has 0 spiro atoms. The molecule has 2 aromatic rings. The number of anilines is 1. The molecule has 2 rings (SSSR count). The van der Waals surface area contributed by atoms with Crippen molar-refractivity contribution < 1.29 is 15.0 Å². The largest absolute Gasteiger partial charge is 0.507 e. The lowest BCUT2D eigenvalue weighted by Gasteiger charge is -2.20. The lowest BCUT2D eigenvalue weighted by atomic mass is 10.0. The minimum absolute atomic E-state index is 0.0161. The zero-order chi connectivity index (χ0) is 15.4. The number of amides is 1. The molecule has 0 heterocycles. The fraction of sp³-hybridized carbons (Fsp3) is 0.188. The van der Waals surface area contributed by atoms with Gasteiger partial charge in [0.15, 0.2) is 0 Å². The number of benzene rings is 2. The smallest absolute Gasteiger partial charge is 0.221 e. The quantitative estimate of drug-likeness (QED) is 0.678. The highest BCUT2D eigenvalue weighted by atomic mass is 16.3. The van der Waals surface area contributed by atoms with Gasteiger partial charge in [0.25, 0.3) is 0 Å². The lowest BCUT2D eigenvalue weighted by molar-refractivity contribution is -0.117. The van der Waals surface area contributed by atoms with Crippen molar-refractivity contribution in [2.45, 2.75) is 19.4 Å². The zero-order valence-corrected chi connectivity index (χ0v) is 11.7. The van der Waals surface area contributed by atoms with Gasteiger partial charge in [-0.2, -0.15) is 0 Å². The SMILES string of the molecule is CC(Nc1ccccc1CC(N)=O)c1c(O)cccc1O. The molecule has 5 N–H and O–H groups in total. The maximum atomic E-state index is 11.1. The monoisotopic (exact) mass is 286 g/mol. The van der Waals surface area contributed by atoms with Gasteiger partial charge in [0.05, 0.1) is 18.0 Å². The summed E-state index contributed by atoms with van der Waals surface area (Å²) in [4.78, 5) is 11.1. The second kappa shape index (κ2) is 6.17. The van der Waals surface area contributed by atoms with Crippen LogP contribution in [-0.4, -0.2) is 16.1 Å². The average Bonchev–Trinajstić information content (AvgIpc) is 2.40. The number of phenols is 2. The number of para-hydroxylation sites is 1. The van der Waals surface area contributed by atoms with Crippen LogP contribution in [0.4, 0.5) is 5.69 Å². The number of phenolic OH excluding ortho intramolecular Hbond substituents is 2. The molecule has 1 unspecified atom stereocenters. The molecule has 0 aromatic heterocycles. The summed E-state index contributed by atoms with van der Waals surface area (Å²) in [6.07, 6.45) is 0.128. The van der Waals surface area contributed by atoms with Crippen molar-refractivity contribution in [1.29, 1.82) is 0 Å². The number of primary amides is 1. The first kappa shape index (κ1) is 14.7. The predicted octanol–water partition coefficient (Wildman–Crippen LogP) is 2.30. The van der Waals surface area contributed by atoms with E-state index in [4.69, 9.17) is 5.73 Å². The highest BCUT2D eigenvalue weighted by molar-refractivity contribution is 5.78. The molecule has 0 aliphatic carbocycles. The Bertz CT molecular complexity index is 635. The summed E-state index contributed by atoms with van der Waals surface area (Å²) in [7, 11) is 0. The van der Waals surface area contributed by atoms with Gasteiger partial charge in [0, 0.05) is 5.69 Å². The van der Waals surface area contributed by atoms with Crippen molar-refractivity contribution in [2.24, 2.45) is 5.73 Å². The Hall–Kier alpha value is -2.69. The fourth-order valence-electron chi connectivity index (χ4n) is 2.29. The zero-order valence-electron chi connectivity index (χ0n) is 11.7. The normalized spacial score (nSPS) is 11.9. The van der Waals surface area contributed by atoms with E-state index >= 15 is 0 Å². The van der Waals surface area contributed by atoms with Gasteiger partial charge < -0.3 is 21.3 Å². The molecule has 0 aliphatic heterocycles. The van der Waals surface area contributed by atoms with Crippen LogP contribution >= 0.6 is 0 Å². The van der Waals surface area contributed by atoms with E-state index in [1.165, 1.54) is 12.1 Å². The van der Waals surface area contributed by atoms with E-state index in [0.29, 0.717) is 5.56 Å². The maximum Gasteiger partial charge on any atom is 0.221 e. The van der Waals surface area contributed by atoms with Crippen LogP contribution in [0.15, 0.2) is 42.5 Å². The molecular formula is C16H18N2O3. The van der Waals surface area contributed by atoms with Gasteiger partial charge in [-0.15, -0.1) is 0 Å². The van der Waals surface area contributed by atoms with Crippen molar-refractivity contribution in [1.82, 2.24) is 0 Å². The highest BCUT2D eigenvalue weighted by Crippen LogP contribution is 2.34. The predicted molar refractivity (Wildman–Crippen MR) is 81.1 cm³/mol. The van der Waals surface area contributed by atoms with E-state index in [1.54, 1.807) is 6.07 Å². The average molecular weight is 286 g/mol. The Kier molecular flexibility index (Phi) is 4.33. The molecule has 5 heteroatoms. The number of rotatable bonds is 5. The van der Waals surface area contributed by atoms with Crippen LogP contribution < -0.4 is 11.1 Å². The number of hydrogen-bond donors (Lipinski definition) is 4. The number of nitrogens with one attached hydrogen (secondary N) is 1. The molecular weight excluding hydrogens is 268 g/mol. The van der Waals surface area contributed by atoms with Crippen molar-refractivity contribution >= 4 is 11.6 Å². The summed E-state index contributed by atoms with van der Waals surface area (Å²) in [5.41, 5.74) is 7.16. The molecule has 1 atom stereocenters. The number of nitrogens with two attached hydrogens (primary N) is 1. The minimum atomic E-state index is -0.415. The summed E-state index contributed by atoms with van der Waals surface area (Å²) >= 11 is 0. The number of carbonyl (C=O) groups is 1. The second-order valence-electron chi connectivity index (χ2n) is 4.88. The molecule has 0 saturated carbocycles. The first-order valence-corrected chi connectivity index (χ1v) is 6.62. The summed E-state index contributed by atoms with van der Waals surface area (Å²) in [5, 5.41) is 22.9. The first-order valence-electron chi connectivity index (χ1n) is 6.62. The molecule has 0 saturated heterocycles. The van der Waals surface area contributed by atoms with Crippen LogP contribution in [0.2, 0.25) is 0 Å². The molecule has 0 radical (unpaired) electrons. The highest BCUT2D eigenvalue weighted by Gasteiger charge is 2.16. The topological polar surface area (TPSA) is 95.6 Å². The van der Waals surface area contributed by atoms with Crippen molar-refractivity contribution in [3.05, 3.63) is 53.6 Å². The van der Waals surface area contributed by atoms with Crippen molar-refractivity contribution in [2.75, 3.05) is 5.32 Å². The summed E-state index contributed by atoms with van der Waals surface area (Å²) in [5.74, 6) is -0.382. The van der Waals surface area contributed by atoms with Gasteiger partial charge in [0.1, 0.15) is 11.5 Å². The first-order chi connectivity index (χ1) is 9.99. The van der Waals surface area contributed by atoms with Gasteiger partial charge in [-0.25, -0.2) is 0 Å². The van der Waals surface area contributed by atoms with E-state index in [1.807, 2.05) is 31.2 Å². The number of hydrogen-bond acceptors (Lipinski definition) is 4. The van der Waals surface area contributed by atoms with Crippen LogP contribution in [0.1, 0.15) is 24.1 Å². The third kappa shape index (κ3) is 3.45. The number of aromatic hydroxyl groups is 2. The fourth-order valence-corrected chi connectivity index (χ4v) is 2.29. The van der Waals surface area contributed by atoms with E-state index in [0.717, 1.165) is 11.3 Å². The molecule has 5 nitrogen and oxygen atoms in total. The molecule has 21 heavy (non-hydrogen) atoms. The molecule has 0 fully saturated rings. The Morgan fingerprint density at radius 1 is 1.14 bits per heavy atom. The summed E-state index contributed by atoms with van der Waals surface area (Å²) in [6.45, 7) is 1.82. The second-order valence-corrected chi connectivity index (χ2v) is 4.88. The molecule has 0 bridgehead atoms. The standard InChI is InChI=1S/C16H18N2O3/c1-10(16-13(19)7-4-8-14(16)20)18-12-6-3-2-5-11(12)9-15(17)21/h2-8,10,18-20H,9H2,1H3,(H2,17,21). The Labute approximate surface area is 123 Å². The molecule has 1 amide bonds.